The van der Waals surface area contributed by atoms with Crippen LogP contribution in [0, 0.1) is 11.3 Å². The van der Waals surface area contributed by atoms with Crippen molar-refractivity contribution in [1.82, 2.24) is 14.1 Å². The van der Waals surface area contributed by atoms with Gasteiger partial charge >= 0.3 is 0 Å². The Hall–Kier alpha value is -2.89. The van der Waals surface area contributed by atoms with Gasteiger partial charge in [-0.25, -0.2) is 4.98 Å². The Labute approximate surface area is 199 Å². The summed E-state index contributed by atoms with van der Waals surface area (Å²) in [5.74, 6) is 0.205. The van der Waals surface area contributed by atoms with Crippen LogP contribution < -0.4 is 5.56 Å². The first-order chi connectivity index (χ1) is 16.1. The summed E-state index contributed by atoms with van der Waals surface area (Å²) in [6.45, 7) is 3.19. The standard InChI is InChI=1S/C25H24N4O2S2/c1-2-12-29-24(31)22-17-8-5-10-21(17)33-23(22)27-25(29)32-15-20(30)18-14-28(13-6-11-26)19-9-4-3-7-16(18)19/h3-4,7,9,14H,2,5-6,8,10,12-13,15H2,1H3. The van der Waals surface area contributed by atoms with E-state index in [4.69, 9.17) is 10.2 Å². The number of aromatic nitrogens is 3. The quantitative estimate of drug-likeness (QED) is 0.198. The molecule has 4 aromatic rings. The average molecular weight is 477 g/mol. The first-order valence-corrected chi connectivity index (χ1v) is 13.1. The molecule has 0 amide bonds. The molecule has 0 unspecified atom stereocenters. The predicted octanol–water partition coefficient (Wildman–Crippen LogP) is 5.20. The van der Waals surface area contributed by atoms with Gasteiger partial charge in [-0.2, -0.15) is 5.26 Å². The zero-order valence-electron chi connectivity index (χ0n) is 18.5. The molecule has 0 saturated carbocycles. The molecule has 0 spiro atoms. The molecule has 0 bridgehead atoms. The molecular formula is C25H24N4O2S2. The van der Waals surface area contributed by atoms with Crippen molar-refractivity contribution in [2.45, 2.75) is 57.3 Å². The highest BCUT2D eigenvalue weighted by atomic mass is 32.2. The third-order valence-electron chi connectivity index (χ3n) is 6.12. The molecule has 8 heteroatoms. The van der Waals surface area contributed by atoms with Crippen LogP contribution in [-0.4, -0.2) is 25.7 Å². The second-order valence-electron chi connectivity index (χ2n) is 8.26. The zero-order valence-corrected chi connectivity index (χ0v) is 20.1. The highest BCUT2D eigenvalue weighted by molar-refractivity contribution is 7.99. The number of thioether (sulfide) groups is 1. The van der Waals surface area contributed by atoms with Crippen molar-refractivity contribution in [1.29, 1.82) is 5.26 Å². The smallest absolute Gasteiger partial charge is 0.263 e. The minimum atomic E-state index is -0.00187. The fraction of sp³-hybridized carbons (Fsp3) is 0.360. The van der Waals surface area contributed by atoms with E-state index in [-0.39, 0.29) is 17.1 Å². The Bertz CT molecular complexity index is 1470. The molecule has 6 nitrogen and oxygen atoms in total. The van der Waals surface area contributed by atoms with Crippen LogP contribution in [0.15, 0.2) is 40.4 Å². The summed E-state index contributed by atoms with van der Waals surface area (Å²) in [6.07, 6.45) is 6.16. The van der Waals surface area contributed by atoms with Gasteiger partial charge in [0.15, 0.2) is 10.9 Å². The molecule has 0 radical (unpaired) electrons. The highest BCUT2D eigenvalue weighted by Gasteiger charge is 2.24. The van der Waals surface area contributed by atoms with E-state index in [0.29, 0.717) is 30.2 Å². The van der Waals surface area contributed by atoms with Crippen LogP contribution in [0.3, 0.4) is 0 Å². The number of Topliss-reactive ketones (excluding diaryl/α,β-unsaturated/α-hetero) is 1. The number of ketones is 1. The van der Waals surface area contributed by atoms with Gasteiger partial charge in [-0.1, -0.05) is 36.9 Å². The molecular weight excluding hydrogens is 452 g/mol. The lowest BCUT2D eigenvalue weighted by atomic mass is 10.1. The van der Waals surface area contributed by atoms with E-state index in [2.05, 4.69) is 6.07 Å². The van der Waals surface area contributed by atoms with Gasteiger partial charge in [0.05, 0.1) is 23.6 Å². The van der Waals surface area contributed by atoms with Gasteiger partial charge < -0.3 is 4.57 Å². The van der Waals surface area contributed by atoms with Crippen molar-refractivity contribution in [3.05, 3.63) is 56.8 Å². The van der Waals surface area contributed by atoms with Crippen LogP contribution in [0.2, 0.25) is 0 Å². The number of fused-ring (bicyclic) bond motifs is 4. The number of benzene rings is 1. The van der Waals surface area contributed by atoms with Crippen molar-refractivity contribution in [3.63, 3.8) is 0 Å². The first kappa shape index (κ1) is 21.9. The van der Waals surface area contributed by atoms with Gasteiger partial charge in [0, 0.05) is 40.6 Å². The lowest BCUT2D eigenvalue weighted by Gasteiger charge is -2.11. The third kappa shape index (κ3) is 3.90. The van der Waals surface area contributed by atoms with Gasteiger partial charge in [0.25, 0.3) is 5.56 Å². The fourth-order valence-electron chi connectivity index (χ4n) is 4.62. The molecule has 3 heterocycles. The lowest BCUT2D eigenvalue weighted by Crippen LogP contribution is -2.23. The molecule has 1 aromatic carbocycles. The Morgan fingerprint density at radius 2 is 2.12 bits per heavy atom. The summed E-state index contributed by atoms with van der Waals surface area (Å²) >= 11 is 2.98. The third-order valence-corrected chi connectivity index (χ3v) is 8.28. The number of carbonyl (C=O) groups excluding carboxylic acids is 1. The van der Waals surface area contributed by atoms with Gasteiger partial charge in [-0.15, -0.1) is 11.3 Å². The van der Waals surface area contributed by atoms with Crippen molar-refractivity contribution >= 4 is 50.0 Å². The van der Waals surface area contributed by atoms with E-state index in [1.165, 1.54) is 22.2 Å². The minimum absolute atomic E-state index is 0.00187. The van der Waals surface area contributed by atoms with Crippen LogP contribution in [0.5, 0.6) is 0 Å². The SMILES string of the molecule is CCCn1c(SCC(=O)c2cn(CCC#N)c3ccccc23)nc2sc3c(c2c1=O)CCC3. The first-order valence-electron chi connectivity index (χ1n) is 11.3. The van der Waals surface area contributed by atoms with Gasteiger partial charge in [-0.3, -0.25) is 14.2 Å². The summed E-state index contributed by atoms with van der Waals surface area (Å²) in [4.78, 5) is 33.5. The van der Waals surface area contributed by atoms with Gasteiger partial charge in [0.1, 0.15) is 4.83 Å². The van der Waals surface area contributed by atoms with Crippen molar-refractivity contribution < 1.29 is 4.79 Å². The molecule has 5 rings (SSSR count). The topological polar surface area (TPSA) is 80.7 Å². The Morgan fingerprint density at radius 3 is 2.94 bits per heavy atom. The molecule has 0 atom stereocenters. The number of nitriles is 1. The molecule has 33 heavy (non-hydrogen) atoms. The molecule has 0 saturated heterocycles. The van der Waals surface area contributed by atoms with Crippen LogP contribution in [-0.2, 0) is 25.9 Å². The van der Waals surface area contributed by atoms with E-state index < -0.39 is 0 Å². The monoisotopic (exact) mass is 476 g/mol. The van der Waals surface area contributed by atoms with Crippen LogP contribution in [0.25, 0.3) is 21.1 Å². The summed E-state index contributed by atoms with van der Waals surface area (Å²) in [6, 6.07) is 9.95. The van der Waals surface area contributed by atoms with Crippen LogP contribution in [0.1, 0.15) is 47.0 Å². The number of hydrogen-bond donors (Lipinski definition) is 0. The van der Waals surface area contributed by atoms with Crippen LogP contribution in [0.4, 0.5) is 0 Å². The Kier molecular flexibility index (Phi) is 6.09. The van der Waals surface area contributed by atoms with Crippen molar-refractivity contribution in [2.24, 2.45) is 0 Å². The number of thiophene rings is 1. The molecule has 168 valence electrons. The number of carbonyl (C=O) groups is 1. The van der Waals surface area contributed by atoms with E-state index in [9.17, 15) is 9.59 Å². The Balaban J connectivity index is 1.47. The van der Waals surface area contributed by atoms with Gasteiger partial charge in [0.2, 0.25) is 0 Å². The largest absolute Gasteiger partial charge is 0.346 e. The number of rotatable bonds is 8. The molecule has 1 aliphatic carbocycles. The summed E-state index contributed by atoms with van der Waals surface area (Å²) in [5.41, 5.74) is 2.83. The Morgan fingerprint density at radius 1 is 1.27 bits per heavy atom. The van der Waals surface area contributed by atoms with Crippen molar-refractivity contribution in [3.8, 4) is 6.07 Å². The number of aryl methyl sites for hydroxylation is 3. The number of nitrogens with zero attached hydrogens (tertiary/aromatic N) is 4. The molecule has 0 N–H and O–H groups in total. The maximum atomic E-state index is 13.4. The second-order valence-corrected chi connectivity index (χ2v) is 10.3. The average Bonchev–Trinajstić information content (AvgIpc) is 3.51. The second kappa shape index (κ2) is 9.16. The lowest BCUT2D eigenvalue weighted by molar-refractivity contribution is 0.102. The molecule has 0 fully saturated rings. The van der Waals surface area contributed by atoms with E-state index in [1.807, 2.05) is 42.0 Å². The zero-order chi connectivity index (χ0) is 22.9. The summed E-state index contributed by atoms with van der Waals surface area (Å²) in [7, 11) is 0. The fourth-order valence-corrected chi connectivity index (χ4v) is 6.83. The number of hydrogen-bond acceptors (Lipinski definition) is 6. The van der Waals surface area contributed by atoms with Gasteiger partial charge in [-0.05, 0) is 37.3 Å². The maximum Gasteiger partial charge on any atom is 0.263 e. The van der Waals surface area contributed by atoms with E-state index >= 15 is 0 Å². The van der Waals surface area contributed by atoms with E-state index in [1.54, 1.807) is 15.9 Å². The van der Waals surface area contributed by atoms with E-state index in [0.717, 1.165) is 46.8 Å². The minimum Gasteiger partial charge on any atom is -0.346 e. The summed E-state index contributed by atoms with van der Waals surface area (Å²) in [5, 5.41) is 11.3. The van der Waals surface area contributed by atoms with Crippen LogP contribution >= 0.6 is 23.1 Å². The number of para-hydroxylation sites is 1. The highest BCUT2D eigenvalue weighted by Crippen LogP contribution is 2.35. The summed E-state index contributed by atoms with van der Waals surface area (Å²) < 4.78 is 3.72. The predicted molar refractivity (Wildman–Crippen MR) is 133 cm³/mol. The molecule has 1 aliphatic rings. The maximum absolute atomic E-state index is 13.4. The molecule has 0 aliphatic heterocycles. The van der Waals surface area contributed by atoms with Crippen molar-refractivity contribution in [2.75, 3.05) is 5.75 Å². The molecule has 3 aromatic heterocycles. The normalized spacial score (nSPS) is 13.0.